The molecule has 0 spiro atoms. The molecule has 2 heterocycles. The van der Waals surface area contributed by atoms with Gasteiger partial charge in [-0.15, -0.1) is 0 Å². The number of para-hydroxylation sites is 1. The van der Waals surface area contributed by atoms with Crippen LogP contribution in [-0.4, -0.2) is 22.0 Å². The van der Waals surface area contributed by atoms with E-state index >= 15 is 0 Å². The van der Waals surface area contributed by atoms with Crippen molar-refractivity contribution in [1.82, 2.24) is 9.55 Å². The van der Waals surface area contributed by atoms with E-state index in [1.165, 1.54) is 0 Å². The second kappa shape index (κ2) is 8.79. The summed E-state index contributed by atoms with van der Waals surface area (Å²) in [6.45, 7) is 3.05. The first-order chi connectivity index (χ1) is 16.1. The predicted octanol–water partition coefficient (Wildman–Crippen LogP) is 5.50. The van der Waals surface area contributed by atoms with Crippen LogP contribution < -0.4 is 10.5 Å². The number of carbonyl (C=O) groups is 1. The summed E-state index contributed by atoms with van der Waals surface area (Å²) in [6.07, 6.45) is 2.61. The van der Waals surface area contributed by atoms with Gasteiger partial charge in [0.15, 0.2) is 0 Å². The van der Waals surface area contributed by atoms with Crippen LogP contribution in [-0.2, 0) is 11.3 Å². The minimum absolute atomic E-state index is 0.0707. The van der Waals surface area contributed by atoms with Gasteiger partial charge in [0.25, 0.3) is 11.5 Å². The highest BCUT2D eigenvalue weighted by Crippen LogP contribution is 2.39. The molecule has 1 aromatic heterocycles. The third-order valence-electron chi connectivity index (χ3n) is 5.81. The van der Waals surface area contributed by atoms with Gasteiger partial charge in [-0.1, -0.05) is 65.3 Å². The zero-order chi connectivity index (χ0) is 22.9. The Kier molecular flexibility index (Phi) is 5.68. The summed E-state index contributed by atoms with van der Waals surface area (Å²) >= 11 is 3.53. The van der Waals surface area contributed by atoms with Crippen LogP contribution in [0.2, 0.25) is 0 Å². The standard InChI is InChI=1S/C27H22BrN3O2/c1-2-14-30-24-13-12-19(28)15-21(24)22(27(30)33)16-25-29-23-11-7-6-10-20(23)26(32)31(25)17-18-8-4-3-5-9-18/h3-13,15-16H,2,14,17H2,1H3/b22-16-. The number of halogens is 1. The van der Waals surface area contributed by atoms with Crippen molar-refractivity contribution in [3.8, 4) is 0 Å². The van der Waals surface area contributed by atoms with Crippen LogP contribution in [0.1, 0.15) is 30.3 Å². The van der Waals surface area contributed by atoms with E-state index in [4.69, 9.17) is 4.98 Å². The minimum atomic E-state index is -0.123. The maximum absolute atomic E-state index is 13.5. The smallest absolute Gasteiger partial charge is 0.261 e. The van der Waals surface area contributed by atoms with Crippen molar-refractivity contribution in [3.63, 3.8) is 0 Å². The summed E-state index contributed by atoms with van der Waals surface area (Å²) in [4.78, 5) is 33.5. The highest BCUT2D eigenvalue weighted by atomic mass is 79.9. The molecule has 5 rings (SSSR count). The summed E-state index contributed by atoms with van der Waals surface area (Å²) in [7, 11) is 0. The molecule has 1 aliphatic rings. The molecule has 3 aromatic carbocycles. The number of benzene rings is 3. The molecule has 164 valence electrons. The molecule has 0 N–H and O–H groups in total. The Morgan fingerprint density at radius 1 is 0.970 bits per heavy atom. The highest BCUT2D eigenvalue weighted by Gasteiger charge is 2.32. The molecule has 0 aliphatic carbocycles. The lowest BCUT2D eigenvalue weighted by atomic mass is 10.1. The molecule has 33 heavy (non-hydrogen) atoms. The average molecular weight is 500 g/mol. The Labute approximate surface area is 200 Å². The monoisotopic (exact) mass is 499 g/mol. The first-order valence-corrected chi connectivity index (χ1v) is 11.7. The Hall–Kier alpha value is -3.51. The number of aromatic nitrogens is 2. The second-order valence-corrected chi connectivity index (χ2v) is 8.96. The zero-order valence-electron chi connectivity index (χ0n) is 18.2. The van der Waals surface area contributed by atoms with E-state index in [1.807, 2.05) is 66.7 Å². The van der Waals surface area contributed by atoms with E-state index < -0.39 is 0 Å². The number of hydrogen-bond acceptors (Lipinski definition) is 3. The molecule has 4 aromatic rings. The third-order valence-corrected chi connectivity index (χ3v) is 6.30. The fourth-order valence-corrected chi connectivity index (χ4v) is 4.62. The minimum Gasteiger partial charge on any atom is -0.308 e. The molecule has 1 aliphatic heterocycles. The maximum atomic E-state index is 13.5. The zero-order valence-corrected chi connectivity index (χ0v) is 19.7. The van der Waals surface area contributed by atoms with Crippen molar-refractivity contribution in [2.45, 2.75) is 19.9 Å². The number of fused-ring (bicyclic) bond motifs is 2. The van der Waals surface area contributed by atoms with E-state index in [2.05, 4.69) is 22.9 Å². The number of rotatable bonds is 5. The molecule has 0 bridgehead atoms. The van der Waals surface area contributed by atoms with Gasteiger partial charge in [0.2, 0.25) is 0 Å². The van der Waals surface area contributed by atoms with Gasteiger partial charge in [0.05, 0.1) is 28.7 Å². The maximum Gasteiger partial charge on any atom is 0.261 e. The second-order valence-electron chi connectivity index (χ2n) is 8.04. The van der Waals surface area contributed by atoms with Gasteiger partial charge >= 0.3 is 0 Å². The quantitative estimate of drug-likeness (QED) is 0.340. The van der Waals surface area contributed by atoms with Gasteiger partial charge < -0.3 is 4.90 Å². The lowest BCUT2D eigenvalue weighted by molar-refractivity contribution is -0.113. The number of hydrogen-bond donors (Lipinski definition) is 0. The summed E-state index contributed by atoms with van der Waals surface area (Å²) in [5.41, 5.74) is 3.75. The number of nitrogens with zero attached hydrogens (tertiary/aromatic N) is 3. The molecular weight excluding hydrogens is 478 g/mol. The normalized spacial score (nSPS) is 14.3. The van der Waals surface area contributed by atoms with E-state index in [0.29, 0.717) is 35.4 Å². The summed E-state index contributed by atoms with van der Waals surface area (Å²) < 4.78 is 2.55. The van der Waals surface area contributed by atoms with Crippen LogP contribution in [0.15, 0.2) is 82.1 Å². The lowest BCUT2D eigenvalue weighted by Crippen LogP contribution is -2.27. The Morgan fingerprint density at radius 2 is 1.73 bits per heavy atom. The molecule has 0 fully saturated rings. The first-order valence-electron chi connectivity index (χ1n) is 10.9. The van der Waals surface area contributed by atoms with Crippen molar-refractivity contribution >= 4 is 50.1 Å². The predicted molar refractivity (Wildman–Crippen MR) is 136 cm³/mol. The molecule has 1 amide bonds. The van der Waals surface area contributed by atoms with Crippen LogP contribution in [0, 0.1) is 0 Å². The van der Waals surface area contributed by atoms with Crippen molar-refractivity contribution in [2.75, 3.05) is 11.4 Å². The topological polar surface area (TPSA) is 55.2 Å². The molecule has 0 atom stereocenters. The largest absolute Gasteiger partial charge is 0.308 e. The van der Waals surface area contributed by atoms with Crippen LogP contribution in [0.4, 0.5) is 5.69 Å². The Balaban J connectivity index is 1.73. The van der Waals surface area contributed by atoms with Gasteiger partial charge in [-0.2, -0.15) is 0 Å². The van der Waals surface area contributed by atoms with Gasteiger partial charge in [-0.05, 0) is 48.4 Å². The fraction of sp³-hybridized carbons (Fsp3) is 0.148. The van der Waals surface area contributed by atoms with Crippen molar-refractivity contribution in [1.29, 1.82) is 0 Å². The number of anilines is 1. The molecule has 6 heteroatoms. The Bertz CT molecular complexity index is 1460. The molecule has 0 saturated carbocycles. The van der Waals surface area contributed by atoms with E-state index in [1.54, 1.807) is 21.6 Å². The molecule has 0 unspecified atom stereocenters. The van der Waals surface area contributed by atoms with Gasteiger partial charge in [-0.25, -0.2) is 4.98 Å². The van der Waals surface area contributed by atoms with Crippen LogP contribution >= 0.6 is 15.9 Å². The van der Waals surface area contributed by atoms with Crippen molar-refractivity contribution < 1.29 is 4.79 Å². The third kappa shape index (κ3) is 3.91. The lowest BCUT2D eigenvalue weighted by Gasteiger charge is -2.15. The van der Waals surface area contributed by atoms with Gasteiger partial charge in [0, 0.05) is 16.6 Å². The average Bonchev–Trinajstić information content (AvgIpc) is 3.07. The number of carbonyl (C=O) groups excluding carboxylic acids is 1. The van der Waals surface area contributed by atoms with E-state index in [0.717, 1.165) is 27.7 Å². The fourth-order valence-electron chi connectivity index (χ4n) is 4.26. The van der Waals surface area contributed by atoms with Crippen molar-refractivity contribution in [2.24, 2.45) is 0 Å². The van der Waals surface area contributed by atoms with Crippen LogP contribution in [0.3, 0.4) is 0 Å². The molecule has 5 nitrogen and oxygen atoms in total. The van der Waals surface area contributed by atoms with Gasteiger partial charge in [-0.3, -0.25) is 14.2 Å². The van der Waals surface area contributed by atoms with E-state index in [9.17, 15) is 9.59 Å². The highest BCUT2D eigenvalue weighted by molar-refractivity contribution is 9.10. The van der Waals surface area contributed by atoms with E-state index in [-0.39, 0.29) is 11.5 Å². The number of amides is 1. The van der Waals surface area contributed by atoms with Crippen molar-refractivity contribution in [3.05, 3.63) is 105 Å². The summed E-state index contributed by atoms with van der Waals surface area (Å²) in [5.74, 6) is 0.397. The van der Waals surface area contributed by atoms with Crippen LogP contribution in [0.5, 0.6) is 0 Å². The molecule has 0 saturated heterocycles. The summed E-state index contributed by atoms with van der Waals surface area (Å²) in [6, 6.07) is 23.0. The summed E-state index contributed by atoms with van der Waals surface area (Å²) in [5, 5.41) is 0.559. The SMILES string of the molecule is CCCN1C(=O)/C(=C\c2nc3ccccc3c(=O)n2Cc2ccccc2)c2cc(Br)ccc21. The first kappa shape index (κ1) is 21.3. The molecular formula is C27H22BrN3O2. The Morgan fingerprint density at radius 3 is 2.52 bits per heavy atom. The van der Waals surface area contributed by atoms with Gasteiger partial charge in [0.1, 0.15) is 5.82 Å². The molecule has 0 radical (unpaired) electrons. The van der Waals surface area contributed by atoms with Crippen LogP contribution in [0.25, 0.3) is 22.6 Å².